The van der Waals surface area contributed by atoms with E-state index in [1.165, 1.54) is 13.8 Å². The molecule has 6 heteroatoms. The molecule has 0 rings (SSSR count). The summed E-state index contributed by atoms with van der Waals surface area (Å²) < 4.78 is 23.1. The fraction of sp³-hybridized carbons (Fsp3) is 0.857. The number of carbonyl (C=O) groups is 1. The largest absolute Gasteiger partial charge is 0.465 e. The van der Waals surface area contributed by atoms with Crippen LogP contribution in [0, 0.1) is 0 Å². The van der Waals surface area contributed by atoms with Gasteiger partial charge in [0.2, 0.25) is 0 Å². The Kier molecular flexibility index (Phi) is 4.52. The smallest absolute Gasteiger partial charge is 0.324 e. The molecule has 5 nitrogen and oxygen atoms in total. The summed E-state index contributed by atoms with van der Waals surface area (Å²) >= 11 is -2.16. The zero-order valence-corrected chi connectivity index (χ0v) is 8.76. The van der Waals surface area contributed by atoms with Gasteiger partial charge >= 0.3 is 5.97 Å². The van der Waals surface area contributed by atoms with Gasteiger partial charge in [0.25, 0.3) is 0 Å². The van der Waals surface area contributed by atoms with Crippen molar-refractivity contribution in [2.45, 2.75) is 31.6 Å². The predicted molar refractivity (Wildman–Crippen MR) is 49.5 cm³/mol. The monoisotopic (exact) mass is 209 g/mol. The normalized spacial score (nSPS) is 16.4. The van der Waals surface area contributed by atoms with E-state index in [0.29, 0.717) is 0 Å². The highest BCUT2D eigenvalue weighted by molar-refractivity contribution is 7.80. The van der Waals surface area contributed by atoms with Crippen LogP contribution in [0.15, 0.2) is 0 Å². The van der Waals surface area contributed by atoms with E-state index in [2.05, 4.69) is 4.74 Å². The van der Waals surface area contributed by atoms with Crippen molar-refractivity contribution in [2.75, 3.05) is 6.61 Å². The Morgan fingerprint density at radius 3 is 2.46 bits per heavy atom. The van der Waals surface area contributed by atoms with Crippen LogP contribution >= 0.6 is 0 Å². The van der Waals surface area contributed by atoms with E-state index < -0.39 is 27.8 Å². The first-order chi connectivity index (χ1) is 5.84. The molecule has 0 aromatic heterocycles. The highest BCUT2D eigenvalue weighted by atomic mass is 32.2. The zero-order chi connectivity index (χ0) is 10.6. The fourth-order valence-corrected chi connectivity index (χ4v) is 0.938. The number of carbonyl (C=O) groups excluding carboxylic acids is 1. The third kappa shape index (κ3) is 3.06. The molecular formula is C7H15NO4S. The zero-order valence-electron chi connectivity index (χ0n) is 7.94. The van der Waals surface area contributed by atoms with Crippen LogP contribution in [0.2, 0.25) is 0 Å². The molecular weight excluding hydrogens is 194 g/mol. The molecule has 0 aromatic carbocycles. The molecule has 0 saturated carbocycles. The van der Waals surface area contributed by atoms with Gasteiger partial charge in [-0.3, -0.25) is 4.79 Å². The highest BCUT2D eigenvalue weighted by Crippen LogP contribution is 2.15. The number of nitrogens with two attached hydrogens (primary N) is 1. The Hall–Kier alpha value is -0.460. The molecule has 0 aliphatic rings. The van der Waals surface area contributed by atoms with Crippen molar-refractivity contribution in [3.8, 4) is 0 Å². The van der Waals surface area contributed by atoms with Crippen molar-refractivity contribution >= 4 is 17.0 Å². The molecule has 0 radical (unpaired) electrons. The lowest BCUT2D eigenvalue weighted by molar-refractivity contribution is -0.145. The van der Waals surface area contributed by atoms with Gasteiger partial charge in [0.05, 0.1) is 11.4 Å². The first-order valence-corrected chi connectivity index (χ1v) is 4.97. The van der Waals surface area contributed by atoms with E-state index in [1.807, 2.05) is 0 Å². The molecule has 3 N–H and O–H groups in total. The van der Waals surface area contributed by atoms with Crippen LogP contribution in [-0.4, -0.2) is 32.1 Å². The molecule has 1 unspecified atom stereocenters. The van der Waals surface area contributed by atoms with Gasteiger partial charge in [-0.25, -0.2) is 4.21 Å². The lowest BCUT2D eigenvalue weighted by Gasteiger charge is -2.25. The molecule has 13 heavy (non-hydrogen) atoms. The summed E-state index contributed by atoms with van der Waals surface area (Å²) in [5.41, 5.74) is 5.45. The van der Waals surface area contributed by atoms with Crippen molar-refractivity contribution in [2.24, 2.45) is 5.73 Å². The number of esters is 1. The Morgan fingerprint density at radius 2 is 2.15 bits per heavy atom. The van der Waals surface area contributed by atoms with Gasteiger partial charge in [-0.2, -0.15) is 0 Å². The highest BCUT2D eigenvalue weighted by Gasteiger charge is 2.38. The third-order valence-electron chi connectivity index (χ3n) is 1.74. The Morgan fingerprint density at radius 1 is 1.69 bits per heavy atom. The quantitative estimate of drug-likeness (QED) is 0.497. The lowest BCUT2D eigenvalue weighted by Crippen LogP contribution is -2.52. The SMILES string of the molecule is CCOC(=O)[C@H](N)C(C)(C)S(=O)O. The van der Waals surface area contributed by atoms with Crippen LogP contribution in [0.5, 0.6) is 0 Å². The van der Waals surface area contributed by atoms with Crippen molar-refractivity contribution in [1.29, 1.82) is 0 Å². The van der Waals surface area contributed by atoms with E-state index in [0.717, 1.165) is 0 Å². The van der Waals surface area contributed by atoms with Crippen LogP contribution in [0.1, 0.15) is 20.8 Å². The predicted octanol–water partition coefficient (Wildman–Crippen LogP) is -0.123. The average molecular weight is 209 g/mol. The summed E-state index contributed by atoms with van der Waals surface area (Å²) in [4.78, 5) is 11.1. The maximum absolute atomic E-state index is 11.1. The number of hydrogen-bond donors (Lipinski definition) is 2. The van der Waals surface area contributed by atoms with Crippen LogP contribution in [-0.2, 0) is 20.6 Å². The fourth-order valence-electron chi connectivity index (χ4n) is 0.624. The molecule has 0 bridgehead atoms. The molecule has 0 heterocycles. The van der Waals surface area contributed by atoms with Gasteiger partial charge in [0.1, 0.15) is 6.04 Å². The molecule has 0 aromatic rings. The standard InChI is InChI=1S/C7H15NO4S/c1-4-12-6(9)5(8)7(2,3)13(10)11/h5H,4,8H2,1-3H3,(H,10,11)/t5-/m0/s1. The second kappa shape index (κ2) is 4.69. The minimum Gasteiger partial charge on any atom is -0.465 e. The molecule has 2 atom stereocenters. The van der Waals surface area contributed by atoms with Crippen molar-refractivity contribution in [1.82, 2.24) is 0 Å². The Labute approximate surface area is 79.9 Å². The first-order valence-electron chi connectivity index (χ1n) is 3.87. The van der Waals surface area contributed by atoms with Gasteiger partial charge < -0.3 is 15.0 Å². The van der Waals surface area contributed by atoms with Crippen LogP contribution in [0.25, 0.3) is 0 Å². The van der Waals surface area contributed by atoms with E-state index >= 15 is 0 Å². The summed E-state index contributed by atoms with van der Waals surface area (Å²) in [6, 6.07) is -1.08. The molecule has 0 fully saturated rings. The minimum absolute atomic E-state index is 0.209. The van der Waals surface area contributed by atoms with E-state index in [9.17, 15) is 9.00 Å². The molecule has 0 spiro atoms. The second-order valence-corrected chi connectivity index (χ2v) is 4.63. The summed E-state index contributed by atoms with van der Waals surface area (Å²) in [7, 11) is 0. The van der Waals surface area contributed by atoms with Crippen molar-refractivity contribution < 1.29 is 18.3 Å². The van der Waals surface area contributed by atoms with E-state index in [-0.39, 0.29) is 6.61 Å². The van der Waals surface area contributed by atoms with Crippen LogP contribution < -0.4 is 5.73 Å². The minimum atomic E-state index is -2.16. The molecule has 0 amide bonds. The van der Waals surface area contributed by atoms with Crippen LogP contribution in [0.4, 0.5) is 0 Å². The molecule has 78 valence electrons. The van der Waals surface area contributed by atoms with Crippen LogP contribution in [0.3, 0.4) is 0 Å². The van der Waals surface area contributed by atoms with Gasteiger partial charge in [-0.15, -0.1) is 0 Å². The number of rotatable bonds is 4. The van der Waals surface area contributed by atoms with Crippen molar-refractivity contribution in [3.63, 3.8) is 0 Å². The Bertz CT molecular complexity index is 217. The van der Waals surface area contributed by atoms with E-state index in [1.54, 1.807) is 6.92 Å². The van der Waals surface area contributed by atoms with Crippen molar-refractivity contribution in [3.05, 3.63) is 0 Å². The number of hydrogen-bond acceptors (Lipinski definition) is 4. The summed E-state index contributed by atoms with van der Waals surface area (Å²) in [6.07, 6.45) is 0. The summed E-state index contributed by atoms with van der Waals surface area (Å²) in [6.45, 7) is 4.73. The van der Waals surface area contributed by atoms with Gasteiger partial charge in [0, 0.05) is 0 Å². The molecule has 0 aliphatic carbocycles. The third-order valence-corrected chi connectivity index (χ3v) is 2.89. The lowest BCUT2D eigenvalue weighted by atomic mass is 10.1. The Balaban J connectivity index is 4.48. The van der Waals surface area contributed by atoms with Gasteiger partial charge in [-0.05, 0) is 20.8 Å². The maximum atomic E-state index is 11.1. The topological polar surface area (TPSA) is 89.6 Å². The van der Waals surface area contributed by atoms with Gasteiger partial charge in [0.15, 0.2) is 11.1 Å². The van der Waals surface area contributed by atoms with Gasteiger partial charge in [-0.1, -0.05) is 0 Å². The molecule has 0 saturated heterocycles. The van der Waals surface area contributed by atoms with E-state index in [4.69, 9.17) is 10.3 Å². The first kappa shape index (κ1) is 12.5. The average Bonchev–Trinajstić information content (AvgIpc) is 2.03. The summed E-state index contributed by atoms with van der Waals surface area (Å²) in [5, 5.41) is 0. The summed E-state index contributed by atoms with van der Waals surface area (Å²) in [5.74, 6) is -0.657. The number of ether oxygens (including phenoxy) is 1. The molecule has 0 aliphatic heterocycles. The maximum Gasteiger partial charge on any atom is 0.324 e. The second-order valence-electron chi connectivity index (χ2n) is 3.08.